The Hall–Kier alpha value is -1.47. The van der Waals surface area contributed by atoms with Crippen LogP contribution in [0.2, 0.25) is 0 Å². The van der Waals surface area contributed by atoms with Crippen LogP contribution in [0.15, 0.2) is 0 Å². The molecule has 0 unspecified atom stereocenters. The van der Waals surface area contributed by atoms with E-state index in [1.54, 1.807) is 7.11 Å². The number of thiophene rings is 1. The summed E-state index contributed by atoms with van der Waals surface area (Å²) in [6.07, 6.45) is 0. The zero-order valence-electron chi connectivity index (χ0n) is 10.4. The van der Waals surface area contributed by atoms with E-state index in [9.17, 15) is 4.79 Å². The van der Waals surface area contributed by atoms with Gasteiger partial charge in [0.15, 0.2) is 5.75 Å². The van der Waals surface area contributed by atoms with Crippen molar-refractivity contribution in [3.63, 3.8) is 0 Å². The minimum Gasteiger partial charge on any atom is -0.492 e. The largest absolute Gasteiger partial charge is 0.492 e. The summed E-state index contributed by atoms with van der Waals surface area (Å²) in [5.74, 6) is 0.109. The molecule has 1 saturated heterocycles. The van der Waals surface area contributed by atoms with Crippen molar-refractivity contribution in [2.24, 2.45) is 0 Å². The van der Waals surface area contributed by atoms with Crippen LogP contribution in [0.4, 0.5) is 10.7 Å². The van der Waals surface area contributed by atoms with Gasteiger partial charge in [0.2, 0.25) is 0 Å². The van der Waals surface area contributed by atoms with Gasteiger partial charge in [-0.15, -0.1) is 11.3 Å². The summed E-state index contributed by atoms with van der Waals surface area (Å²) >= 11 is 1.30. The van der Waals surface area contributed by atoms with Gasteiger partial charge in [0.05, 0.1) is 27.4 Å². The van der Waals surface area contributed by atoms with E-state index in [1.165, 1.54) is 18.4 Å². The molecule has 1 aromatic rings. The van der Waals surface area contributed by atoms with Gasteiger partial charge in [-0.1, -0.05) is 0 Å². The summed E-state index contributed by atoms with van der Waals surface area (Å²) in [5, 5.41) is 0.860. The van der Waals surface area contributed by atoms with E-state index in [4.69, 9.17) is 19.9 Å². The van der Waals surface area contributed by atoms with E-state index in [0.29, 0.717) is 29.5 Å². The average molecular weight is 272 g/mol. The monoisotopic (exact) mass is 272 g/mol. The molecule has 1 aromatic heterocycles. The van der Waals surface area contributed by atoms with Crippen LogP contribution >= 0.6 is 11.3 Å². The lowest BCUT2D eigenvalue weighted by Gasteiger charge is -2.27. The molecule has 1 aliphatic heterocycles. The highest BCUT2D eigenvalue weighted by Crippen LogP contribution is 2.45. The van der Waals surface area contributed by atoms with Crippen molar-refractivity contribution < 1.29 is 19.0 Å². The Morgan fingerprint density at radius 1 is 1.39 bits per heavy atom. The molecule has 0 amide bonds. The van der Waals surface area contributed by atoms with Gasteiger partial charge in [-0.25, -0.2) is 4.79 Å². The second kappa shape index (κ2) is 5.45. The molecular weight excluding hydrogens is 256 g/mol. The van der Waals surface area contributed by atoms with Crippen molar-refractivity contribution in [2.45, 2.75) is 0 Å². The summed E-state index contributed by atoms with van der Waals surface area (Å²) in [4.78, 5) is 14.1. The minimum absolute atomic E-state index is 0.343. The molecule has 100 valence electrons. The van der Waals surface area contributed by atoms with Crippen LogP contribution in [0, 0.1) is 0 Å². The maximum Gasteiger partial charge on any atom is 0.350 e. The van der Waals surface area contributed by atoms with Crippen molar-refractivity contribution in [3.05, 3.63) is 4.88 Å². The first-order valence-electron chi connectivity index (χ1n) is 5.56. The normalized spacial score (nSPS) is 15.6. The van der Waals surface area contributed by atoms with Crippen molar-refractivity contribution in [2.75, 3.05) is 51.2 Å². The third-order valence-electron chi connectivity index (χ3n) is 2.76. The summed E-state index contributed by atoms with van der Waals surface area (Å²) in [6, 6.07) is 0. The lowest BCUT2D eigenvalue weighted by Crippen LogP contribution is -2.35. The third kappa shape index (κ3) is 2.23. The third-order valence-corrected chi connectivity index (χ3v) is 3.98. The first-order valence-corrected chi connectivity index (χ1v) is 6.38. The maximum absolute atomic E-state index is 11.6. The summed E-state index contributed by atoms with van der Waals surface area (Å²) in [6.45, 7) is 2.84. The molecule has 2 N–H and O–H groups in total. The van der Waals surface area contributed by atoms with E-state index in [0.717, 1.165) is 18.1 Å². The van der Waals surface area contributed by atoms with Gasteiger partial charge in [-0.05, 0) is 0 Å². The number of nitrogens with zero attached hydrogens (tertiary/aromatic N) is 1. The van der Waals surface area contributed by atoms with Gasteiger partial charge in [0.25, 0.3) is 0 Å². The van der Waals surface area contributed by atoms with Gasteiger partial charge in [-0.3, -0.25) is 0 Å². The van der Waals surface area contributed by atoms with Crippen LogP contribution in [0.1, 0.15) is 9.67 Å². The SMILES string of the molecule is COC(=O)c1sc(N2CCOCC2)c(OC)c1N. The molecule has 2 rings (SSSR count). The molecule has 0 aromatic carbocycles. The highest BCUT2D eigenvalue weighted by Gasteiger charge is 2.26. The molecule has 18 heavy (non-hydrogen) atoms. The Kier molecular flexibility index (Phi) is 3.93. The first kappa shape index (κ1) is 13.0. The number of rotatable bonds is 3. The summed E-state index contributed by atoms with van der Waals surface area (Å²) in [5.41, 5.74) is 6.27. The number of anilines is 2. The fourth-order valence-electron chi connectivity index (χ4n) is 1.83. The molecule has 1 fully saturated rings. The quantitative estimate of drug-likeness (QED) is 0.826. The molecule has 2 heterocycles. The van der Waals surface area contributed by atoms with Crippen LogP contribution in [-0.4, -0.2) is 46.5 Å². The number of methoxy groups -OCH3 is 2. The van der Waals surface area contributed by atoms with Crippen molar-refractivity contribution in [3.8, 4) is 5.75 Å². The topological polar surface area (TPSA) is 74.0 Å². The zero-order chi connectivity index (χ0) is 13.1. The highest BCUT2D eigenvalue weighted by molar-refractivity contribution is 7.19. The number of carbonyl (C=O) groups is 1. The Labute approximate surface area is 109 Å². The molecule has 0 spiro atoms. The molecule has 0 saturated carbocycles. The van der Waals surface area contributed by atoms with E-state index < -0.39 is 5.97 Å². The fraction of sp³-hybridized carbons (Fsp3) is 0.545. The predicted octanol–water partition coefficient (Wildman–Crippen LogP) is 0.962. The Morgan fingerprint density at radius 3 is 2.61 bits per heavy atom. The molecule has 0 radical (unpaired) electrons. The van der Waals surface area contributed by atoms with Crippen molar-refractivity contribution in [1.82, 2.24) is 0 Å². The fourth-order valence-corrected chi connectivity index (χ4v) is 2.99. The molecule has 0 bridgehead atoms. The molecule has 1 aliphatic rings. The molecule has 7 heteroatoms. The van der Waals surface area contributed by atoms with Gasteiger partial charge in [0.1, 0.15) is 15.6 Å². The van der Waals surface area contributed by atoms with Gasteiger partial charge in [0, 0.05) is 13.1 Å². The smallest absolute Gasteiger partial charge is 0.350 e. The van der Waals surface area contributed by atoms with Crippen LogP contribution in [0.3, 0.4) is 0 Å². The Morgan fingerprint density at radius 2 is 2.06 bits per heavy atom. The van der Waals surface area contributed by atoms with Crippen LogP contribution in [0.25, 0.3) is 0 Å². The van der Waals surface area contributed by atoms with Gasteiger partial charge < -0.3 is 24.8 Å². The van der Waals surface area contributed by atoms with Crippen LogP contribution in [-0.2, 0) is 9.47 Å². The lowest BCUT2D eigenvalue weighted by molar-refractivity contribution is 0.0607. The average Bonchev–Trinajstić information content (AvgIpc) is 2.76. The number of hydrogen-bond donors (Lipinski definition) is 1. The number of ether oxygens (including phenoxy) is 3. The number of esters is 1. The number of morpholine rings is 1. The predicted molar refractivity (Wildman–Crippen MR) is 69.7 cm³/mol. The second-order valence-electron chi connectivity index (χ2n) is 3.77. The van der Waals surface area contributed by atoms with E-state index in [1.807, 2.05) is 0 Å². The standard InChI is InChI=1S/C11H16N2O4S/c1-15-8-7(12)9(11(14)16-2)18-10(8)13-3-5-17-6-4-13/h3-6,12H2,1-2H3. The maximum atomic E-state index is 11.6. The molecule has 6 nitrogen and oxygen atoms in total. The van der Waals surface area contributed by atoms with Crippen molar-refractivity contribution in [1.29, 1.82) is 0 Å². The van der Waals surface area contributed by atoms with E-state index in [2.05, 4.69) is 4.90 Å². The van der Waals surface area contributed by atoms with Crippen LogP contribution in [0.5, 0.6) is 5.75 Å². The van der Waals surface area contributed by atoms with Crippen LogP contribution < -0.4 is 15.4 Å². The molecule has 0 aliphatic carbocycles. The van der Waals surface area contributed by atoms with E-state index >= 15 is 0 Å². The number of nitrogens with two attached hydrogens (primary N) is 1. The van der Waals surface area contributed by atoms with E-state index in [-0.39, 0.29) is 0 Å². The molecular formula is C11H16N2O4S. The first-order chi connectivity index (χ1) is 8.69. The lowest BCUT2D eigenvalue weighted by atomic mass is 10.3. The van der Waals surface area contributed by atoms with Gasteiger partial charge in [-0.2, -0.15) is 0 Å². The molecule has 0 atom stereocenters. The number of carbonyl (C=O) groups excluding carboxylic acids is 1. The zero-order valence-corrected chi connectivity index (χ0v) is 11.2. The Balaban J connectivity index is 2.36. The second-order valence-corrected chi connectivity index (χ2v) is 4.77. The van der Waals surface area contributed by atoms with Crippen molar-refractivity contribution >= 4 is 28.0 Å². The summed E-state index contributed by atoms with van der Waals surface area (Å²) in [7, 11) is 2.88. The minimum atomic E-state index is -0.435. The number of nitrogen functional groups attached to an aromatic ring is 1. The summed E-state index contributed by atoms with van der Waals surface area (Å²) < 4.78 is 15.3. The highest BCUT2D eigenvalue weighted by atomic mass is 32.1. The Bertz CT molecular complexity index is 440. The number of hydrogen-bond acceptors (Lipinski definition) is 7. The van der Waals surface area contributed by atoms with Gasteiger partial charge >= 0.3 is 5.97 Å².